The van der Waals surface area contributed by atoms with Gasteiger partial charge in [-0.05, 0) is 83.0 Å². The summed E-state index contributed by atoms with van der Waals surface area (Å²) in [5.74, 6) is 1.51. The molecule has 0 amide bonds. The Hall–Kier alpha value is -3.09. The minimum absolute atomic E-state index is 0.586. The minimum atomic E-state index is 0.586. The van der Waals surface area contributed by atoms with Gasteiger partial charge in [0.25, 0.3) is 0 Å². The van der Waals surface area contributed by atoms with Gasteiger partial charge < -0.3 is 24.4 Å². The molecule has 3 aromatic rings. The predicted octanol–water partition coefficient (Wildman–Crippen LogP) is 4.73. The molecule has 0 spiro atoms. The van der Waals surface area contributed by atoms with Crippen molar-refractivity contribution in [2.75, 3.05) is 53.9 Å². The van der Waals surface area contributed by atoms with Crippen molar-refractivity contribution >= 4 is 16.7 Å². The van der Waals surface area contributed by atoms with Gasteiger partial charge in [0.05, 0.1) is 0 Å². The average molecular weight is 472 g/mol. The van der Waals surface area contributed by atoms with Crippen LogP contribution in [0.3, 0.4) is 0 Å². The Labute approximate surface area is 208 Å². The van der Waals surface area contributed by atoms with Crippen molar-refractivity contribution in [3.8, 4) is 5.75 Å². The number of likely N-dealkylation sites (N-methyl/N-ethyl adjacent to an activating group) is 1. The first kappa shape index (κ1) is 23.6. The second-order valence-corrected chi connectivity index (χ2v) is 10.1. The number of piperidine rings is 1. The number of aromatic amines is 1. The number of H-pyrrole nitrogens is 1. The third-order valence-electron chi connectivity index (χ3n) is 7.15. The molecular formula is C29H37N5O. The number of hydrogen-bond donors (Lipinski definition) is 1. The molecule has 4 heterocycles. The summed E-state index contributed by atoms with van der Waals surface area (Å²) >= 11 is 0. The second-order valence-electron chi connectivity index (χ2n) is 10.1. The Kier molecular flexibility index (Phi) is 7.21. The van der Waals surface area contributed by atoms with Gasteiger partial charge >= 0.3 is 0 Å². The number of benzene rings is 1. The number of nitrogens with zero attached hydrogens (tertiary/aromatic N) is 4. The molecular weight excluding hydrogens is 434 g/mol. The lowest BCUT2D eigenvalue weighted by molar-refractivity contribution is 0.254. The van der Waals surface area contributed by atoms with E-state index in [2.05, 4.69) is 100 Å². The summed E-state index contributed by atoms with van der Waals surface area (Å²) in [6.45, 7) is 5.67. The Bertz CT molecular complexity index is 1190. The zero-order valence-corrected chi connectivity index (χ0v) is 21.2. The van der Waals surface area contributed by atoms with Crippen LogP contribution in [0.1, 0.15) is 35.6 Å². The van der Waals surface area contributed by atoms with Crippen LogP contribution in [0.25, 0.3) is 16.7 Å². The number of fused-ring (bicyclic) bond motifs is 1. The summed E-state index contributed by atoms with van der Waals surface area (Å²) in [7, 11) is 6.33. The van der Waals surface area contributed by atoms with E-state index < -0.39 is 0 Å². The van der Waals surface area contributed by atoms with E-state index >= 15 is 0 Å². The second kappa shape index (κ2) is 10.7. The fourth-order valence-electron chi connectivity index (χ4n) is 5.03. The van der Waals surface area contributed by atoms with Gasteiger partial charge in [-0.15, -0.1) is 0 Å². The highest BCUT2D eigenvalue weighted by Crippen LogP contribution is 2.34. The lowest BCUT2D eigenvalue weighted by atomic mass is 9.93. The molecule has 1 saturated heterocycles. The van der Waals surface area contributed by atoms with Gasteiger partial charge in [0.1, 0.15) is 18.0 Å². The van der Waals surface area contributed by atoms with Crippen LogP contribution in [0.5, 0.6) is 5.75 Å². The van der Waals surface area contributed by atoms with Crippen molar-refractivity contribution in [1.29, 1.82) is 0 Å². The molecule has 6 heteroatoms. The summed E-state index contributed by atoms with van der Waals surface area (Å²) in [4.78, 5) is 15.3. The number of aromatic nitrogens is 2. The molecule has 5 rings (SSSR count). The largest absolute Gasteiger partial charge is 0.492 e. The fraction of sp³-hybridized carbons (Fsp3) is 0.414. The van der Waals surface area contributed by atoms with Crippen LogP contribution in [0.4, 0.5) is 0 Å². The normalized spacial score (nSPS) is 17.4. The molecule has 0 unspecified atom stereocenters. The maximum absolute atomic E-state index is 5.87. The van der Waals surface area contributed by atoms with Crippen molar-refractivity contribution in [1.82, 2.24) is 24.7 Å². The van der Waals surface area contributed by atoms with E-state index in [1.54, 1.807) is 0 Å². The van der Waals surface area contributed by atoms with E-state index in [-0.39, 0.29) is 0 Å². The first-order chi connectivity index (χ1) is 17.1. The SMILES string of the molecule is CN(C)CCOc1ccc(CN2CC=CC=C2c2ccnc3[nH]c(C4CCN(C)CC4)cc23)cc1. The molecule has 0 aliphatic carbocycles. The number of rotatable bonds is 8. The molecule has 184 valence electrons. The molecule has 0 saturated carbocycles. The molecule has 1 N–H and O–H groups in total. The first-order valence-corrected chi connectivity index (χ1v) is 12.7. The lowest BCUT2D eigenvalue weighted by Gasteiger charge is -2.29. The Morgan fingerprint density at radius 2 is 1.91 bits per heavy atom. The van der Waals surface area contributed by atoms with Gasteiger partial charge in [0, 0.05) is 54.1 Å². The molecule has 0 bridgehead atoms. The monoisotopic (exact) mass is 471 g/mol. The van der Waals surface area contributed by atoms with E-state index in [4.69, 9.17) is 4.74 Å². The highest BCUT2D eigenvalue weighted by atomic mass is 16.5. The van der Waals surface area contributed by atoms with Crippen LogP contribution in [0.15, 0.2) is 60.8 Å². The third kappa shape index (κ3) is 5.60. The van der Waals surface area contributed by atoms with Gasteiger partial charge in [-0.25, -0.2) is 4.98 Å². The Morgan fingerprint density at radius 3 is 2.69 bits per heavy atom. The maximum atomic E-state index is 5.87. The maximum Gasteiger partial charge on any atom is 0.138 e. The fourth-order valence-corrected chi connectivity index (χ4v) is 5.03. The minimum Gasteiger partial charge on any atom is -0.492 e. The van der Waals surface area contributed by atoms with Crippen LogP contribution < -0.4 is 4.74 Å². The van der Waals surface area contributed by atoms with E-state index in [9.17, 15) is 0 Å². The zero-order chi connectivity index (χ0) is 24.2. The van der Waals surface area contributed by atoms with E-state index in [1.807, 2.05) is 6.20 Å². The van der Waals surface area contributed by atoms with Crippen molar-refractivity contribution in [2.45, 2.75) is 25.3 Å². The van der Waals surface area contributed by atoms with Gasteiger partial charge in [-0.2, -0.15) is 0 Å². The van der Waals surface area contributed by atoms with Gasteiger partial charge in [0.2, 0.25) is 0 Å². The molecule has 1 fully saturated rings. The summed E-state index contributed by atoms with van der Waals surface area (Å²) in [6.07, 6.45) is 11.0. The van der Waals surface area contributed by atoms with Crippen LogP contribution in [0, 0.1) is 0 Å². The summed E-state index contributed by atoms with van der Waals surface area (Å²) in [5.41, 5.74) is 6.10. The van der Waals surface area contributed by atoms with Crippen LogP contribution >= 0.6 is 0 Å². The molecule has 2 aromatic heterocycles. The Morgan fingerprint density at radius 1 is 1.11 bits per heavy atom. The number of likely N-dealkylation sites (tertiary alicyclic amines) is 1. The molecule has 1 aromatic carbocycles. The van der Waals surface area contributed by atoms with E-state index in [0.717, 1.165) is 44.1 Å². The van der Waals surface area contributed by atoms with Gasteiger partial charge in [0.15, 0.2) is 0 Å². The summed E-state index contributed by atoms with van der Waals surface area (Å²) in [6, 6.07) is 13.0. The molecule has 0 atom stereocenters. The number of pyridine rings is 1. The van der Waals surface area contributed by atoms with Crippen LogP contribution in [0.2, 0.25) is 0 Å². The lowest BCUT2D eigenvalue weighted by Crippen LogP contribution is -2.29. The average Bonchev–Trinajstić information content (AvgIpc) is 3.30. The van der Waals surface area contributed by atoms with Crippen molar-refractivity contribution in [3.05, 3.63) is 77.6 Å². The van der Waals surface area contributed by atoms with Gasteiger partial charge in [-0.3, -0.25) is 0 Å². The van der Waals surface area contributed by atoms with Crippen molar-refractivity contribution in [3.63, 3.8) is 0 Å². The number of hydrogen-bond acceptors (Lipinski definition) is 5. The van der Waals surface area contributed by atoms with Crippen molar-refractivity contribution in [2.24, 2.45) is 0 Å². The van der Waals surface area contributed by atoms with Crippen LogP contribution in [-0.4, -0.2) is 78.6 Å². The van der Waals surface area contributed by atoms with E-state index in [0.29, 0.717) is 12.5 Å². The summed E-state index contributed by atoms with van der Waals surface area (Å²) in [5, 5.41) is 1.22. The smallest absolute Gasteiger partial charge is 0.138 e. The number of ether oxygens (including phenoxy) is 1. The molecule has 2 aliphatic heterocycles. The topological polar surface area (TPSA) is 47.6 Å². The zero-order valence-electron chi connectivity index (χ0n) is 21.2. The quantitative estimate of drug-likeness (QED) is 0.515. The third-order valence-corrected chi connectivity index (χ3v) is 7.15. The first-order valence-electron chi connectivity index (χ1n) is 12.7. The number of nitrogens with one attached hydrogen (secondary N) is 1. The standard InChI is InChI=1S/C29H37N5O/c1-32(2)18-19-35-24-9-7-22(8-10-24)21-34-15-5-4-6-28(34)25-11-14-30-29-26(25)20-27(31-29)23-12-16-33(3)17-13-23/h4-11,14,20,23H,12-13,15-19,21H2,1-3H3,(H,30,31). The predicted molar refractivity (Wildman–Crippen MR) is 144 cm³/mol. The highest BCUT2D eigenvalue weighted by molar-refractivity contribution is 5.90. The molecule has 6 nitrogen and oxygen atoms in total. The molecule has 0 radical (unpaired) electrons. The highest BCUT2D eigenvalue weighted by Gasteiger charge is 2.22. The van der Waals surface area contributed by atoms with Crippen LogP contribution in [-0.2, 0) is 6.54 Å². The van der Waals surface area contributed by atoms with Crippen molar-refractivity contribution < 1.29 is 4.74 Å². The van der Waals surface area contributed by atoms with E-state index in [1.165, 1.54) is 40.7 Å². The number of allylic oxidation sites excluding steroid dienone is 2. The summed E-state index contributed by atoms with van der Waals surface area (Å²) < 4.78 is 5.87. The molecule has 2 aliphatic rings. The van der Waals surface area contributed by atoms with Gasteiger partial charge in [-0.1, -0.05) is 24.3 Å². The molecule has 35 heavy (non-hydrogen) atoms. The Balaban J connectivity index is 1.33.